The fourth-order valence-electron chi connectivity index (χ4n) is 1.75. The van der Waals surface area contributed by atoms with Crippen LogP contribution >= 0.6 is 15.9 Å². The predicted octanol–water partition coefficient (Wildman–Crippen LogP) is 2.22. The normalized spacial score (nSPS) is 21.2. The first-order chi connectivity index (χ1) is 6.15. The standard InChI is InChI=1S/C10H13BrN2/c1-7(12)10(4-5-10)9-3-2-8(11)6-13-9/h2-3,6-7H,4-5,12H2,1H3. The summed E-state index contributed by atoms with van der Waals surface area (Å²) in [5.74, 6) is 0. The highest BCUT2D eigenvalue weighted by Gasteiger charge is 2.48. The van der Waals surface area contributed by atoms with Crippen LogP contribution in [0.4, 0.5) is 0 Å². The largest absolute Gasteiger partial charge is 0.327 e. The van der Waals surface area contributed by atoms with Crippen LogP contribution in [0.25, 0.3) is 0 Å². The molecule has 0 aromatic carbocycles. The Morgan fingerprint density at radius 2 is 2.23 bits per heavy atom. The minimum Gasteiger partial charge on any atom is -0.327 e. The molecule has 2 nitrogen and oxygen atoms in total. The van der Waals surface area contributed by atoms with Crippen LogP contribution in [0.5, 0.6) is 0 Å². The highest BCUT2D eigenvalue weighted by molar-refractivity contribution is 9.10. The molecule has 13 heavy (non-hydrogen) atoms. The maximum absolute atomic E-state index is 5.95. The summed E-state index contributed by atoms with van der Waals surface area (Å²) in [6.07, 6.45) is 4.20. The van der Waals surface area contributed by atoms with Gasteiger partial charge in [0.05, 0.1) is 0 Å². The van der Waals surface area contributed by atoms with Gasteiger partial charge in [-0.1, -0.05) is 0 Å². The Morgan fingerprint density at radius 1 is 1.54 bits per heavy atom. The third-order valence-corrected chi connectivity index (χ3v) is 3.37. The summed E-state index contributed by atoms with van der Waals surface area (Å²) < 4.78 is 1.02. The van der Waals surface area contributed by atoms with Gasteiger partial charge in [-0.15, -0.1) is 0 Å². The fourth-order valence-corrected chi connectivity index (χ4v) is 1.98. The molecule has 0 radical (unpaired) electrons. The monoisotopic (exact) mass is 240 g/mol. The van der Waals surface area contributed by atoms with E-state index < -0.39 is 0 Å². The molecule has 1 fully saturated rings. The highest BCUT2D eigenvalue weighted by Crippen LogP contribution is 2.49. The molecule has 1 aliphatic carbocycles. The van der Waals surface area contributed by atoms with Crippen molar-refractivity contribution < 1.29 is 0 Å². The summed E-state index contributed by atoms with van der Waals surface area (Å²) in [7, 11) is 0. The third-order valence-electron chi connectivity index (χ3n) is 2.90. The van der Waals surface area contributed by atoms with E-state index >= 15 is 0 Å². The predicted molar refractivity (Wildman–Crippen MR) is 56.5 cm³/mol. The Labute approximate surface area is 86.7 Å². The van der Waals surface area contributed by atoms with Crippen LogP contribution in [0, 0.1) is 0 Å². The molecule has 0 spiro atoms. The Balaban J connectivity index is 2.31. The lowest BCUT2D eigenvalue weighted by atomic mass is 9.94. The van der Waals surface area contributed by atoms with E-state index in [1.54, 1.807) is 0 Å². The molecule has 3 heteroatoms. The first-order valence-electron chi connectivity index (χ1n) is 4.53. The van der Waals surface area contributed by atoms with Crippen LogP contribution in [-0.4, -0.2) is 11.0 Å². The van der Waals surface area contributed by atoms with Crippen molar-refractivity contribution >= 4 is 15.9 Å². The van der Waals surface area contributed by atoms with E-state index in [-0.39, 0.29) is 11.5 Å². The van der Waals surface area contributed by atoms with Gasteiger partial charge in [-0.2, -0.15) is 0 Å². The molecule has 1 aromatic rings. The van der Waals surface area contributed by atoms with Crippen LogP contribution in [0.1, 0.15) is 25.5 Å². The van der Waals surface area contributed by atoms with Gasteiger partial charge in [-0.05, 0) is 47.8 Å². The second-order valence-electron chi connectivity index (χ2n) is 3.81. The number of aromatic nitrogens is 1. The zero-order valence-corrected chi connectivity index (χ0v) is 9.21. The molecule has 1 aliphatic rings. The lowest BCUT2D eigenvalue weighted by molar-refractivity contribution is 0.542. The molecule has 1 saturated carbocycles. The zero-order valence-electron chi connectivity index (χ0n) is 7.63. The molecule has 0 bridgehead atoms. The minimum absolute atomic E-state index is 0.181. The molecule has 0 saturated heterocycles. The van der Waals surface area contributed by atoms with Gasteiger partial charge in [0.2, 0.25) is 0 Å². The summed E-state index contributed by atoms with van der Waals surface area (Å²) in [5, 5.41) is 0. The number of pyridine rings is 1. The van der Waals surface area contributed by atoms with Crippen molar-refractivity contribution in [3.05, 3.63) is 28.5 Å². The molecule has 2 rings (SSSR count). The summed E-state index contributed by atoms with van der Waals surface area (Å²) in [6, 6.07) is 4.31. The number of rotatable bonds is 2. The van der Waals surface area contributed by atoms with Crippen molar-refractivity contribution in [1.82, 2.24) is 4.98 Å². The molecule has 70 valence electrons. The molecule has 1 heterocycles. The van der Waals surface area contributed by atoms with Gasteiger partial charge in [0.15, 0.2) is 0 Å². The Bertz CT molecular complexity index is 301. The Hall–Kier alpha value is -0.410. The van der Waals surface area contributed by atoms with Crippen LogP contribution < -0.4 is 5.73 Å². The summed E-state index contributed by atoms with van der Waals surface area (Å²) >= 11 is 3.38. The smallest absolute Gasteiger partial charge is 0.0481 e. The van der Waals surface area contributed by atoms with Gasteiger partial charge in [0, 0.05) is 27.8 Å². The SMILES string of the molecule is CC(N)C1(c2ccc(Br)cn2)CC1. The van der Waals surface area contributed by atoms with E-state index in [0.717, 1.165) is 10.2 Å². The number of nitrogens with two attached hydrogens (primary N) is 1. The van der Waals surface area contributed by atoms with Gasteiger partial charge in [0.25, 0.3) is 0 Å². The topological polar surface area (TPSA) is 38.9 Å². The van der Waals surface area contributed by atoms with Gasteiger partial charge in [0.1, 0.15) is 0 Å². The van der Waals surface area contributed by atoms with E-state index in [0.29, 0.717) is 0 Å². The maximum atomic E-state index is 5.95. The molecule has 0 amide bonds. The summed E-state index contributed by atoms with van der Waals surface area (Å²) in [4.78, 5) is 4.41. The molecule has 1 atom stereocenters. The van der Waals surface area contributed by atoms with Crippen molar-refractivity contribution in [3.63, 3.8) is 0 Å². The van der Waals surface area contributed by atoms with Crippen molar-refractivity contribution in [2.24, 2.45) is 5.73 Å². The lowest BCUT2D eigenvalue weighted by Gasteiger charge is -2.18. The highest BCUT2D eigenvalue weighted by atomic mass is 79.9. The van der Waals surface area contributed by atoms with E-state index in [1.807, 2.05) is 12.3 Å². The first-order valence-corrected chi connectivity index (χ1v) is 5.32. The average Bonchev–Trinajstić information content (AvgIpc) is 2.86. The Kier molecular flexibility index (Phi) is 2.16. The molecule has 0 aliphatic heterocycles. The number of hydrogen-bond donors (Lipinski definition) is 1. The van der Waals surface area contributed by atoms with Crippen molar-refractivity contribution in [2.45, 2.75) is 31.2 Å². The van der Waals surface area contributed by atoms with Crippen LogP contribution in [0.2, 0.25) is 0 Å². The number of hydrogen-bond acceptors (Lipinski definition) is 2. The molecular weight excluding hydrogens is 228 g/mol. The summed E-state index contributed by atoms with van der Waals surface area (Å²) in [5.41, 5.74) is 7.28. The van der Waals surface area contributed by atoms with Gasteiger partial charge in [-0.25, -0.2) is 0 Å². The second-order valence-corrected chi connectivity index (χ2v) is 4.72. The van der Waals surface area contributed by atoms with Crippen LogP contribution in [-0.2, 0) is 5.41 Å². The summed E-state index contributed by atoms with van der Waals surface area (Å²) in [6.45, 7) is 2.07. The van der Waals surface area contributed by atoms with Gasteiger partial charge >= 0.3 is 0 Å². The molecule has 2 N–H and O–H groups in total. The molecular formula is C10H13BrN2. The van der Waals surface area contributed by atoms with Crippen LogP contribution in [0.15, 0.2) is 22.8 Å². The zero-order chi connectivity index (χ0) is 9.47. The average molecular weight is 241 g/mol. The van der Waals surface area contributed by atoms with Gasteiger partial charge in [-0.3, -0.25) is 4.98 Å². The molecule has 1 aromatic heterocycles. The third kappa shape index (κ3) is 1.51. The van der Waals surface area contributed by atoms with E-state index in [9.17, 15) is 0 Å². The lowest BCUT2D eigenvalue weighted by Crippen LogP contribution is -2.32. The Morgan fingerprint density at radius 3 is 2.62 bits per heavy atom. The van der Waals surface area contributed by atoms with E-state index in [1.165, 1.54) is 12.8 Å². The van der Waals surface area contributed by atoms with Crippen molar-refractivity contribution in [2.75, 3.05) is 0 Å². The fraction of sp³-hybridized carbons (Fsp3) is 0.500. The number of halogens is 1. The van der Waals surface area contributed by atoms with Crippen molar-refractivity contribution in [3.8, 4) is 0 Å². The maximum Gasteiger partial charge on any atom is 0.0481 e. The second kappa shape index (κ2) is 3.07. The van der Waals surface area contributed by atoms with Gasteiger partial charge < -0.3 is 5.73 Å². The van der Waals surface area contributed by atoms with Crippen molar-refractivity contribution in [1.29, 1.82) is 0 Å². The molecule has 1 unspecified atom stereocenters. The number of nitrogens with zero attached hydrogens (tertiary/aromatic N) is 1. The minimum atomic E-state index is 0.181. The van der Waals surface area contributed by atoms with Crippen LogP contribution in [0.3, 0.4) is 0 Å². The first kappa shape index (κ1) is 9.16. The van der Waals surface area contributed by atoms with E-state index in [2.05, 4.69) is 33.9 Å². The van der Waals surface area contributed by atoms with E-state index in [4.69, 9.17) is 5.73 Å². The quantitative estimate of drug-likeness (QED) is 0.862.